The summed E-state index contributed by atoms with van der Waals surface area (Å²) in [6.07, 6.45) is 2.60. The van der Waals surface area contributed by atoms with Crippen LogP contribution in [0.1, 0.15) is 24.2 Å². The number of rotatable bonds is 4. The second-order valence-electron chi connectivity index (χ2n) is 3.89. The van der Waals surface area contributed by atoms with Gasteiger partial charge in [-0.15, -0.1) is 0 Å². The Hall–Kier alpha value is -1.52. The summed E-state index contributed by atoms with van der Waals surface area (Å²) in [4.78, 5) is 0. The molecule has 0 bridgehead atoms. The lowest BCUT2D eigenvalue weighted by molar-refractivity contribution is 0.214. The van der Waals surface area contributed by atoms with Crippen LogP contribution in [0, 0.1) is 0 Å². The fourth-order valence-electron chi connectivity index (χ4n) is 1.82. The van der Waals surface area contributed by atoms with Crippen LogP contribution in [0.5, 0.6) is 5.75 Å². The first-order valence-corrected chi connectivity index (χ1v) is 6.08. The van der Waals surface area contributed by atoms with Crippen molar-refractivity contribution < 1.29 is 9.84 Å². The summed E-state index contributed by atoms with van der Waals surface area (Å²) < 4.78 is 6.98. The van der Waals surface area contributed by atoms with E-state index in [0.717, 1.165) is 6.54 Å². The first-order valence-electron chi connectivity index (χ1n) is 5.70. The molecule has 0 aliphatic heterocycles. The van der Waals surface area contributed by atoms with Crippen molar-refractivity contribution in [3.63, 3.8) is 0 Å². The third-order valence-electron chi connectivity index (χ3n) is 2.80. The van der Waals surface area contributed by atoms with Gasteiger partial charge in [0, 0.05) is 23.9 Å². The van der Waals surface area contributed by atoms with Crippen molar-refractivity contribution in [1.82, 2.24) is 9.78 Å². The molecule has 2 rings (SSSR count). The second-order valence-corrected chi connectivity index (χ2v) is 4.29. The van der Waals surface area contributed by atoms with Crippen LogP contribution in [0.25, 0.3) is 0 Å². The van der Waals surface area contributed by atoms with E-state index in [0.29, 0.717) is 21.9 Å². The van der Waals surface area contributed by atoms with Crippen molar-refractivity contribution in [3.8, 4) is 5.75 Å². The molecule has 5 heteroatoms. The minimum absolute atomic E-state index is 0.478. The summed E-state index contributed by atoms with van der Waals surface area (Å²) in [6.45, 7) is 2.74. The molecule has 0 saturated carbocycles. The number of nitrogens with zero attached hydrogens (tertiary/aromatic N) is 2. The van der Waals surface area contributed by atoms with Crippen molar-refractivity contribution in [1.29, 1.82) is 0 Å². The van der Waals surface area contributed by atoms with Crippen LogP contribution in [0.2, 0.25) is 5.02 Å². The van der Waals surface area contributed by atoms with Crippen molar-refractivity contribution in [2.24, 2.45) is 0 Å². The van der Waals surface area contributed by atoms with E-state index < -0.39 is 6.10 Å². The zero-order chi connectivity index (χ0) is 13.1. The van der Waals surface area contributed by atoms with Crippen molar-refractivity contribution in [2.45, 2.75) is 19.6 Å². The Balaban J connectivity index is 2.41. The lowest BCUT2D eigenvalue weighted by atomic mass is 10.0. The molecule has 1 heterocycles. The van der Waals surface area contributed by atoms with Crippen molar-refractivity contribution >= 4 is 11.6 Å². The highest BCUT2D eigenvalue weighted by atomic mass is 35.5. The van der Waals surface area contributed by atoms with E-state index in [9.17, 15) is 5.11 Å². The molecule has 1 aromatic heterocycles. The van der Waals surface area contributed by atoms with Crippen molar-refractivity contribution in [3.05, 3.63) is 46.7 Å². The second kappa shape index (κ2) is 5.42. The van der Waals surface area contributed by atoms with E-state index in [1.165, 1.54) is 0 Å². The largest absolute Gasteiger partial charge is 0.496 e. The predicted octanol–water partition coefficient (Wildman–Crippen LogP) is 2.65. The zero-order valence-corrected chi connectivity index (χ0v) is 11.1. The maximum atomic E-state index is 10.4. The molecule has 0 radical (unpaired) electrons. The maximum absolute atomic E-state index is 10.4. The standard InChI is InChI=1S/C13H15ClN2O2/c1-3-16-8-9(7-15-16)13(17)12-10(14)5-4-6-11(12)18-2/h4-8,13,17H,3H2,1-2H3. The topological polar surface area (TPSA) is 47.3 Å². The fraction of sp³-hybridized carbons (Fsp3) is 0.308. The summed E-state index contributed by atoms with van der Waals surface area (Å²) >= 11 is 6.13. The molecule has 0 amide bonds. The van der Waals surface area contributed by atoms with Gasteiger partial charge in [0.1, 0.15) is 11.9 Å². The quantitative estimate of drug-likeness (QED) is 0.925. The molecule has 1 unspecified atom stereocenters. The first kappa shape index (κ1) is 12.9. The average Bonchev–Trinajstić information content (AvgIpc) is 2.86. The third kappa shape index (κ3) is 2.35. The SMILES string of the molecule is CCn1cc(C(O)c2c(Cl)cccc2OC)cn1. The predicted molar refractivity (Wildman–Crippen MR) is 70.0 cm³/mol. The van der Waals surface area contributed by atoms with Crippen LogP contribution in [-0.2, 0) is 6.54 Å². The first-order chi connectivity index (χ1) is 8.67. The van der Waals surface area contributed by atoms with Gasteiger partial charge in [-0.2, -0.15) is 5.10 Å². The zero-order valence-electron chi connectivity index (χ0n) is 10.3. The molecule has 0 saturated heterocycles. The number of benzene rings is 1. The summed E-state index contributed by atoms with van der Waals surface area (Å²) in [5.41, 5.74) is 1.26. The molecule has 1 atom stereocenters. The molecule has 96 valence electrons. The highest BCUT2D eigenvalue weighted by Gasteiger charge is 2.20. The van der Waals surface area contributed by atoms with Crippen LogP contribution < -0.4 is 4.74 Å². The van der Waals surface area contributed by atoms with E-state index in [-0.39, 0.29) is 0 Å². The summed E-state index contributed by atoms with van der Waals surface area (Å²) in [5, 5.41) is 15.0. The van der Waals surface area contributed by atoms with Gasteiger partial charge in [-0.1, -0.05) is 17.7 Å². The van der Waals surface area contributed by atoms with Crippen LogP contribution in [0.15, 0.2) is 30.6 Å². The molecule has 0 spiro atoms. The van der Waals surface area contributed by atoms with Gasteiger partial charge >= 0.3 is 0 Å². The van der Waals surface area contributed by atoms with Gasteiger partial charge in [0.15, 0.2) is 0 Å². The Morgan fingerprint density at radius 3 is 2.89 bits per heavy atom. The monoisotopic (exact) mass is 266 g/mol. The van der Waals surface area contributed by atoms with Crippen LogP contribution in [0.3, 0.4) is 0 Å². The van der Waals surface area contributed by atoms with Gasteiger partial charge in [0.05, 0.1) is 18.3 Å². The van der Waals surface area contributed by atoms with Gasteiger partial charge in [0.25, 0.3) is 0 Å². The Kier molecular flexibility index (Phi) is 3.89. The Bertz CT molecular complexity index is 540. The van der Waals surface area contributed by atoms with Crippen LogP contribution >= 0.6 is 11.6 Å². The Labute approximate surface area is 111 Å². The number of aliphatic hydroxyl groups is 1. The summed E-state index contributed by atoms with van der Waals surface area (Å²) in [7, 11) is 1.55. The number of ether oxygens (including phenoxy) is 1. The molecule has 1 aromatic carbocycles. The molecular formula is C13H15ClN2O2. The normalized spacial score (nSPS) is 12.4. The van der Waals surface area contributed by atoms with E-state index in [4.69, 9.17) is 16.3 Å². The lowest BCUT2D eigenvalue weighted by Crippen LogP contribution is -2.02. The van der Waals surface area contributed by atoms with E-state index in [2.05, 4.69) is 5.10 Å². The van der Waals surface area contributed by atoms with Gasteiger partial charge in [-0.25, -0.2) is 0 Å². The number of hydrogen-bond donors (Lipinski definition) is 1. The number of aryl methyl sites for hydroxylation is 1. The highest BCUT2D eigenvalue weighted by molar-refractivity contribution is 6.31. The number of aliphatic hydroxyl groups excluding tert-OH is 1. The number of hydrogen-bond acceptors (Lipinski definition) is 3. The number of aromatic nitrogens is 2. The molecule has 0 fully saturated rings. The van der Waals surface area contributed by atoms with Crippen molar-refractivity contribution in [2.75, 3.05) is 7.11 Å². The Morgan fingerprint density at radius 1 is 1.50 bits per heavy atom. The van der Waals surface area contributed by atoms with Gasteiger partial charge in [0.2, 0.25) is 0 Å². The Morgan fingerprint density at radius 2 is 2.28 bits per heavy atom. The molecule has 2 aromatic rings. The smallest absolute Gasteiger partial charge is 0.126 e. The van der Waals surface area contributed by atoms with Gasteiger partial charge in [-0.3, -0.25) is 4.68 Å². The van der Waals surface area contributed by atoms with E-state index >= 15 is 0 Å². The highest BCUT2D eigenvalue weighted by Crippen LogP contribution is 2.35. The molecule has 4 nitrogen and oxygen atoms in total. The summed E-state index contributed by atoms with van der Waals surface area (Å²) in [5.74, 6) is 0.569. The van der Waals surface area contributed by atoms with Gasteiger partial charge in [-0.05, 0) is 19.1 Å². The third-order valence-corrected chi connectivity index (χ3v) is 3.13. The van der Waals surface area contributed by atoms with Crippen LogP contribution in [-0.4, -0.2) is 22.0 Å². The average molecular weight is 267 g/mol. The molecule has 0 aliphatic rings. The maximum Gasteiger partial charge on any atom is 0.126 e. The van der Waals surface area contributed by atoms with E-state index in [1.807, 2.05) is 6.92 Å². The summed E-state index contributed by atoms with van der Waals surface area (Å²) in [6, 6.07) is 5.29. The lowest BCUT2D eigenvalue weighted by Gasteiger charge is -2.15. The van der Waals surface area contributed by atoms with Gasteiger partial charge < -0.3 is 9.84 Å². The molecule has 18 heavy (non-hydrogen) atoms. The fourth-order valence-corrected chi connectivity index (χ4v) is 2.09. The molecule has 1 N–H and O–H groups in total. The number of methoxy groups -OCH3 is 1. The molecular weight excluding hydrogens is 252 g/mol. The van der Waals surface area contributed by atoms with E-state index in [1.54, 1.807) is 42.4 Å². The minimum atomic E-state index is -0.839. The van der Waals surface area contributed by atoms with Crippen LogP contribution in [0.4, 0.5) is 0 Å². The molecule has 0 aliphatic carbocycles. The number of halogens is 1. The minimum Gasteiger partial charge on any atom is -0.496 e.